The summed E-state index contributed by atoms with van der Waals surface area (Å²) in [6.45, 7) is 5.38. The van der Waals surface area contributed by atoms with Crippen molar-refractivity contribution < 1.29 is 9.53 Å². The van der Waals surface area contributed by atoms with E-state index in [1.165, 1.54) is 0 Å². The Morgan fingerprint density at radius 1 is 1.41 bits per heavy atom. The van der Waals surface area contributed by atoms with Crippen LogP contribution < -0.4 is 10.6 Å². The van der Waals surface area contributed by atoms with Crippen LogP contribution in [-0.4, -0.2) is 39.3 Å². The lowest BCUT2D eigenvalue weighted by molar-refractivity contribution is -0.125. The maximum Gasteiger partial charge on any atom is 0.224 e. The zero-order chi connectivity index (χ0) is 12.4. The van der Waals surface area contributed by atoms with Crippen molar-refractivity contribution in [3.05, 3.63) is 0 Å². The highest BCUT2D eigenvalue weighted by atomic mass is 35.5. The number of halogens is 1. The zero-order valence-corrected chi connectivity index (χ0v) is 12.2. The first-order valence-electron chi connectivity index (χ1n) is 6.09. The molecule has 5 heteroatoms. The molecule has 0 aromatic carbocycles. The predicted molar refractivity (Wildman–Crippen MR) is 73.7 cm³/mol. The lowest BCUT2D eigenvalue weighted by atomic mass is 10.1. The first-order chi connectivity index (χ1) is 7.65. The molecular formula is C12H27ClN2O2. The van der Waals surface area contributed by atoms with E-state index in [2.05, 4.69) is 17.6 Å². The summed E-state index contributed by atoms with van der Waals surface area (Å²) >= 11 is 0. The number of carbonyl (C=O) groups excluding carboxylic acids is 1. The average Bonchev–Trinajstić information content (AvgIpc) is 2.26. The second kappa shape index (κ2) is 12.1. The summed E-state index contributed by atoms with van der Waals surface area (Å²) in [5, 5.41) is 6.04. The molecule has 4 nitrogen and oxygen atoms in total. The highest BCUT2D eigenvalue weighted by molar-refractivity contribution is 5.85. The SMILES string of the molecule is CCCCC(COC)NC(=O)C(C)CNC.Cl. The molecule has 0 rings (SSSR count). The minimum Gasteiger partial charge on any atom is -0.383 e. The third-order valence-corrected chi connectivity index (χ3v) is 2.58. The minimum atomic E-state index is 0. The summed E-state index contributed by atoms with van der Waals surface area (Å²) in [6, 6.07) is 0.150. The number of carbonyl (C=O) groups is 1. The maximum absolute atomic E-state index is 11.8. The first kappa shape index (κ1) is 19.0. The number of rotatable bonds is 9. The van der Waals surface area contributed by atoms with Gasteiger partial charge in [0.15, 0.2) is 0 Å². The van der Waals surface area contributed by atoms with Crippen molar-refractivity contribution in [2.75, 3.05) is 27.3 Å². The summed E-state index contributed by atoms with van der Waals surface area (Å²) < 4.78 is 5.11. The molecule has 2 atom stereocenters. The third kappa shape index (κ3) is 9.39. The van der Waals surface area contributed by atoms with Crippen LogP contribution in [0.15, 0.2) is 0 Å². The average molecular weight is 267 g/mol. The van der Waals surface area contributed by atoms with Crippen LogP contribution in [0.5, 0.6) is 0 Å². The molecule has 1 amide bonds. The van der Waals surface area contributed by atoms with Crippen molar-refractivity contribution in [3.63, 3.8) is 0 Å². The standard InChI is InChI=1S/C12H26N2O2.ClH/c1-5-6-7-11(9-16-4)14-12(15)10(2)8-13-3;/h10-11,13H,5-9H2,1-4H3,(H,14,15);1H. The Kier molecular flexibility index (Phi) is 13.6. The number of amides is 1. The fourth-order valence-electron chi connectivity index (χ4n) is 1.59. The van der Waals surface area contributed by atoms with Crippen molar-refractivity contribution in [1.82, 2.24) is 10.6 Å². The predicted octanol–water partition coefficient (Wildman–Crippen LogP) is 1.59. The van der Waals surface area contributed by atoms with Crippen LogP contribution in [0, 0.1) is 5.92 Å². The number of nitrogens with one attached hydrogen (secondary N) is 2. The smallest absolute Gasteiger partial charge is 0.224 e. The van der Waals surface area contributed by atoms with Crippen molar-refractivity contribution in [2.45, 2.75) is 39.2 Å². The van der Waals surface area contributed by atoms with Gasteiger partial charge in [-0.25, -0.2) is 0 Å². The van der Waals surface area contributed by atoms with Gasteiger partial charge in [0.1, 0.15) is 0 Å². The Hall–Kier alpha value is -0.320. The number of hydrogen-bond donors (Lipinski definition) is 2. The first-order valence-corrected chi connectivity index (χ1v) is 6.09. The highest BCUT2D eigenvalue weighted by Crippen LogP contribution is 2.03. The molecule has 0 aromatic heterocycles. The van der Waals surface area contributed by atoms with Crippen molar-refractivity contribution in [3.8, 4) is 0 Å². The third-order valence-electron chi connectivity index (χ3n) is 2.58. The molecule has 0 saturated carbocycles. The van der Waals surface area contributed by atoms with E-state index in [0.717, 1.165) is 19.3 Å². The Balaban J connectivity index is 0. The largest absolute Gasteiger partial charge is 0.383 e. The van der Waals surface area contributed by atoms with E-state index >= 15 is 0 Å². The molecule has 0 aliphatic carbocycles. The summed E-state index contributed by atoms with van der Waals surface area (Å²) in [7, 11) is 3.52. The number of ether oxygens (including phenoxy) is 1. The van der Waals surface area contributed by atoms with Crippen LogP contribution in [0.4, 0.5) is 0 Å². The maximum atomic E-state index is 11.8. The molecule has 0 aliphatic heterocycles. The van der Waals surface area contributed by atoms with Gasteiger partial charge < -0.3 is 15.4 Å². The van der Waals surface area contributed by atoms with Gasteiger partial charge in [-0.2, -0.15) is 0 Å². The summed E-state index contributed by atoms with van der Waals surface area (Å²) in [5.74, 6) is 0.110. The fourth-order valence-corrected chi connectivity index (χ4v) is 1.59. The lowest BCUT2D eigenvalue weighted by Crippen LogP contribution is -2.42. The van der Waals surface area contributed by atoms with Crippen LogP contribution in [0.2, 0.25) is 0 Å². The van der Waals surface area contributed by atoms with E-state index in [4.69, 9.17) is 4.74 Å². The van der Waals surface area contributed by atoms with Crippen molar-refractivity contribution in [1.29, 1.82) is 0 Å². The molecule has 0 bridgehead atoms. The molecule has 0 aliphatic rings. The number of hydrogen-bond acceptors (Lipinski definition) is 3. The topological polar surface area (TPSA) is 50.4 Å². The molecule has 0 radical (unpaired) electrons. The summed E-state index contributed by atoms with van der Waals surface area (Å²) in [6.07, 6.45) is 3.25. The van der Waals surface area contributed by atoms with Crippen LogP contribution in [0.25, 0.3) is 0 Å². The molecular weight excluding hydrogens is 240 g/mol. The molecule has 2 unspecified atom stereocenters. The van der Waals surface area contributed by atoms with Crippen LogP contribution in [0.1, 0.15) is 33.1 Å². The van der Waals surface area contributed by atoms with E-state index in [9.17, 15) is 4.79 Å². The van der Waals surface area contributed by atoms with Gasteiger partial charge in [0, 0.05) is 19.6 Å². The van der Waals surface area contributed by atoms with Crippen LogP contribution in [0.3, 0.4) is 0 Å². The second-order valence-corrected chi connectivity index (χ2v) is 4.26. The molecule has 0 fully saturated rings. The van der Waals surface area contributed by atoms with E-state index in [1.807, 2.05) is 14.0 Å². The molecule has 0 spiro atoms. The summed E-state index contributed by atoms with van der Waals surface area (Å²) in [4.78, 5) is 11.8. The van der Waals surface area contributed by atoms with Crippen LogP contribution in [-0.2, 0) is 9.53 Å². The highest BCUT2D eigenvalue weighted by Gasteiger charge is 2.16. The molecule has 0 saturated heterocycles. The quantitative estimate of drug-likeness (QED) is 0.666. The second-order valence-electron chi connectivity index (χ2n) is 4.26. The fraction of sp³-hybridized carbons (Fsp3) is 0.917. The molecule has 2 N–H and O–H groups in total. The van der Waals surface area contributed by atoms with Gasteiger partial charge >= 0.3 is 0 Å². The molecule has 104 valence electrons. The summed E-state index contributed by atoms with van der Waals surface area (Å²) in [5.41, 5.74) is 0. The van der Waals surface area contributed by atoms with E-state index in [0.29, 0.717) is 13.2 Å². The monoisotopic (exact) mass is 266 g/mol. The van der Waals surface area contributed by atoms with E-state index in [-0.39, 0.29) is 30.3 Å². The number of methoxy groups -OCH3 is 1. The van der Waals surface area contributed by atoms with Crippen LogP contribution >= 0.6 is 12.4 Å². The van der Waals surface area contributed by atoms with E-state index < -0.39 is 0 Å². The Morgan fingerprint density at radius 3 is 2.53 bits per heavy atom. The zero-order valence-electron chi connectivity index (χ0n) is 11.4. The van der Waals surface area contributed by atoms with Gasteiger partial charge in [-0.05, 0) is 13.5 Å². The van der Waals surface area contributed by atoms with Gasteiger partial charge in [0.05, 0.1) is 12.6 Å². The lowest BCUT2D eigenvalue weighted by Gasteiger charge is -2.20. The van der Waals surface area contributed by atoms with Gasteiger partial charge in [-0.15, -0.1) is 12.4 Å². The van der Waals surface area contributed by atoms with Gasteiger partial charge in [0.25, 0.3) is 0 Å². The Morgan fingerprint density at radius 2 is 2.06 bits per heavy atom. The van der Waals surface area contributed by atoms with E-state index in [1.54, 1.807) is 7.11 Å². The molecule has 0 aromatic rings. The Bertz CT molecular complexity index is 191. The van der Waals surface area contributed by atoms with Gasteiger partial charge in [0.2, 0.25) is 5.91 Å². The van der Waals surface area contributed by atoms with Gasteiger partial charge in [-0.1, -0.05) is 26.7 Å². The molecule has 17 heavy (non-hydrogen) atoms. The van der Waals surface area contributed by atoms with Gasteiger partial charge in [-0.3, -0.25) is 4.79 Å². The normalized spacial score (nSPS) is 13.6. The number of unbranched alkanes of at least 4 members (excludes halogenated alkanes) is 1. The van der Waals surface area contributed by atoms with Crippen molar-refractivity contribution in [2.24, 2.45) is 5.92 Å². The minimum absolute atomic E-state index is 0. The van der Waals surface area contributed by atoms with Crippen molar-refractivity contribution >= 4 is 18.3 Å². The Labute approximate surface area is 111 Å². The molecule has 0 heterocycles.